The van der Waals surface area contributed by atoms with E-state index in [-0.39, 0.29) is 6.10 Å². The molecule has 1 nitrogen and oxygen atoms in total. The molecule has 2 saturated carbocycles. The van der Waals surface area contributed by atoms with E-state index in [4.69, 9.17) is 4.74 Å². The number of rotatable bonds is 3. The molecule has 27 heavy (non-hydrogen) atoms. The van der Waals surface area contributed by atoms with Crippen LogP contribution < -0.4 is 0 Å². The summed E-state index contributed by atoms with van der Waals surface area (Å²) in [6.07, 6.45) is 14.8. The first-order valence-corrected chi connectivity index (χ1v) is 12.5. The normalized spacial score (nSPS) is 44.8. The zero-order chi connectivity index (χ0) is 19.2. The third-order valence-corrected chi connectivity index (χ3v) is 8.92. The van der Waals surface area contributed by atoms with Gasteiger partial charge in [0.2, 0.25) is 0 Å². The van der Waals surface area contributed by atoms with Crippen LogP contribution in [-0.4, -0.2) is 12.7 Å². The molecule has 2 fully saturated rings. The predicted molar refractivity (Wildman–Crippen MR) is 123 cm³/mol. The summed E-state index contributed by atoms with van der Waals surface area (Å²) in [5, 5.41) is 0. The van der Waals surface area contributed by atoms with Crippen LogP contribution >= 0.6 is 22.6 Å². The molecule has 1 aliphatic heterocycles. The Balaban J connectivity index is 1.58. The molecule has 0 aromatic heterocycles. The lowest BCUT2D eigenvalue weighted by Gasteiger charge is -2.44. The Morgan fingerprint density at radius 3 is 2.81 bits per heavy atom. The van der Waals surface area contributed by atoms with Crippen molar-refractivity contribution in [2.75, 3.05) is 6.61 Å². The Hall–Kier alpha value is -0.0900. The van der Waals surface area contributed by atoms with Gasteiger partial charge in [0, 0.05) is 0 Å². The second-order valence-corrected chi connectivity index (χ2v) is 11.0. The minimum atomic E-state index is 0.285. The third kappa shape index (κ3) is 3.63. The first-order valence-electron chi connectivity index (χ1n) is 11.2. The first-order chi connectivity index (χ1) is 12.9. The molecule has 0 radical (unpaired) electrons. The van der Waals surface area contributed by atoms with Crippen molar-refractivity contribution in [3.05, 3.63) is 33.0 Å². The highest BCUT2D eigenvalue weighted by atomic mass is 127. The van der Waals surface area contributed by atoms with Crippen molar-refractivity contribution in [1.82, 2.24) is 0 Å². The number of fused-ring (bicyclic) bond motifs is 1. The van der Waals surface area contributed by atoms with Gasteiger partial charge in [-0.3, -0.25) is 0 Å². The van der Waals surface area contributed by atoms with Gasteiger partial charge in [-0.15, -0.1) is 0 Å². The molecule has 4 rings (SSSR count). The summed E-state index contributed by atoms with van der Waals surface area (Å²) >= 11 is 2.39. The van der Waals surface area contributed by atoms with Gasteiger partial charge in [-0.25, -0.2) is 0 Å². The summed E-state index contributed by atoms with van der Waals surface area (Å²) in [6.45, 7) is 10.8. The van der Waals surface area contributed by atoms with E-state index in [1.807, 2.05) is 0 Å². The van der Waals surface area contributed by atoms with Crippen LogP contribution in [0.5, 0.6) is 0 Å². The van der Waals surface area contributed by atoms with Crippen LogP contribution in [0.3, 0.4) is 0 Å². The smallest absolute Gasteiger partial charge is 0.0977 e. The quantitative estimate of drug-likeness (QED) is 0.301. The molecule has 2 heteroatoms. The summed E-state index contributed by atoms with van der Waals surface area (Å²) in [5.41, 5.74) is 5.51. The van der Waals surface area contributed by atoms with Gasteiger partial charge in [-0.05, 0) is 95.2 Å². The van der Waals surface area contributed by atoms with E-state index in [2.05, 4.69) is 66.5 Å². The Labute approximate surface area is 180 Å². The average Bonchev–Trinajstić information content (AvgIpc) is 3.17. The average molecular weight is 480 g/mol. The van der Waals surface area contributed by atoms with Gasteiger partial charge >= 0.3 is 0 Å². The van der Waals surface area contributed by atoms with Crippen LogP contribution in [0.15, 0.2) is 33.0 Å². The highest BCUT2D eigenvalue weighted by Crippen LogP contribution is 2.59. The van der Waals surface area contributed by atoms with Crippen LogP contribution in [-0.2, 0) is 4.74 Å². The van der Waals surface area contributed by atoms with E-state index in [1.54, 1.807) is 16.7 Å². The maximum Gasteiger partial charge on any atom is 0.0977 e. The fourth-order valence-corrected chi connectivity index (χ4v) is 7.86. The third-order valence-electron chi connectivity index (χ3n) is 8.51. The Bertz CT molecular complexity index is 659. The molecule has 0 amide bonds. The maximum absolute atomic E-state index is 6.35. The van der Waals surface area contributed by atoms with Gasteiger partial charge in [0.25, 0.3) is 0 Å². The lowest BCUT2D eigenvalue weighted by Crippen LogP contribution is -2.36. The molecule has 0 N–H and O–H groups in total. The zero-order valence-corrected chi connectivity index (χ0v) is 19.8. The van der Waals surface area contributed by atoms with Crippen molar-refractivity contribution in [2.45, 2.75) is 78.7 Å². The predicted octanol–water partition coefficient (Wildman–Crippen LogP) is 7.48. The SMILES string of the molecule is C[C@@H]1CC2=C(COC2/C=C2\CCC[C@]3(C)C([C@H](C)/C=C/I)CC[C@@H]23)[C@@H](C)C1. The molecule has 1 heterocycles. The van der Waals surface area contributed by atoms with E-state index in [0.717, 1.165) is 30.3 Å². The Morgan fingerprint density at radius 1 is 1.22 bits per heavy atom. The van der Waals surface area contributed by atoms with Gasteiger partial charge in [0.15, 0.2) is 0 Å². The molecule has 3 aliphatic carbocycles. The number of hydrogen-bond acceptors (Lipinski definition) is 1. The summed E-state index contributed by atoms with van der Waals surface area (Å²) in [5.74, 6) is 3.86. The second kappa shape index (κ2) is 7.97. The highest BCUT2D eigenvalue weighted by Gasteiger charge is 2.50. The maximum atomic E-state index is 6.35. The summed E-state index contributed by atoms with van der Waals surface area (Å²) in [4.78, 5) is 0. The first kappa shape index (κ1) is 20.2. The molecule has 0 saturated heterocycles. The Morgan fingerprint density at radius 2 is 2.04 bits per heavy atom. The van der Waals surface area contributed by atoms with E-state index >= 15 is 0 Å². The molecule has 2 unspecified atom stereocenters. The van der Waals surface area contributed by atoms with Crippen LogP contribution in [0.2, 0.25) is 0 Å². The molecule has 0 aromatic carbocycles. The fraction of sp³-hybridized carbons (Fsp3) is 0.760. The van der Waals surface area contributed by atoms with E-state index in [1.165, 1.54) is 44.9 Å². The van der Waals surface area contributed by atoms with Crippen LogP contribution in [0.1, 0.15) is 72.6 Å². The van der Waals surface area contributed by atoms with Crippen LogP contribution in [0.4, 0.5) is 0 Å². The van der Waals surface area contributed by atoms with E-state index < -0.39 is 0 Å². The number of allylic oxidation sites excluding steroid dienone is 2. The fourth-order valence-electron chi connectivity index (χ4n) is 7.20. The van der Waals surface area contributed by atoms with Gasteiger partial charge < -0.3 is 4.74 Å². The summed E-state index contributed by atoms with van der Waals surface area (Å²) < 4.78 is 8.58. The van der Waals surface area contributed by atoms with Crippen LogP contribution in [0.25, 0.3) is 0 Å². The Kier molecular flexibility index (Phi) is 5.96. The van der Waals surface area contributed by atoms with Gasteiger partial charge in [0.05, 0.1) is 12.7 Å². The molecule has 0 spiro atoms. The molecule has 150 valence electrons. The largest absolute Gasteiger partial charge is 0.365 e. The lowest BCUT2D eigenvalue weighted by molar-refractivity contribution is 0.108. The number of hydrogen-bond donors (Lipinski definition) is 0. The van der Waals surface area contributed by atoms with E-state index in [0.29, 0.717) is 11.3 Å². The summed E-state index contributed by atoms with van der Waals surface area (Å²) in [7, 11) is 0. The van der Waals surface area contributed by atoms with Crippen molar-refractivity contribution in [3.63, 3.8) is 0 Å². The van der Waals surface area contributed by atoms with Crippen molar-refractivity contribution in [1.29, 1.82) is 0 Å². The monoisotopic (exact) mass is 480 g/mol. The van der Waals surface area contributed by atoms with Gasteiger partial charge in [-0.1, -0.05) is 68.0 Å². The molecular formula is C25H37IO. The molecule has 0 bridgehead atoms. The topological polar surface area (TPSA) is 9.23 Å². The van der Waals surface area contributed by atoms with Gasteiger partial charge in [-0.2, -0.15) is 0 Å². The molecule has 7 atom stereocenters. The van der Waals surface area contributed by atoms with Crippen molar-refractivity contribution in [3.8, 4) is 0 Å². The number of ether oxygens (including phenoxy) is 1. The minimum absolute atomic E-state index is 0.285. The van der Waals surface area contributed by atoms with Gasteiger partial charge in [0.1, 0.15) is 0 Å². The second-order valence-electron chi connectivity index (χ2n) is 10.2. The lowest BCUT2D eigenvalue weighted by atomic mass is 9.61. The molecular weight excluding hydrogens is 443 g/mol. The summed E-state index contributed by atoms with van der Waals surface area (Å²) in [6, 6.07) is 0. The van der Waals surface area contributed by atoms with Crippen molar-refractivity contribution >= 4 is 22.6 Å². The van der Waals surface area contributed by atoms with Crippen molar-refractivity contribution < 1.29 is 4.74 Å². The number of halogens is 1. The van der Waals surface area contributed by atoms with Crippen LogP contribution in [0, 0.1) is 35.0 Å². The highest BCUT2D eigenvalue weighted by molar-refractivity contribution is 14.1. The minimum Gasteiger partial charge on any atom is -0.365 e. The van der Waals surface area contributed by atoms with Crippen molar-refractivity contribution in [2.24, 2.45) is 35.0 Å². The standard InChI is InChI=1S/C25H37IO/c1-16-12-18(3)21-15-27-24(20(21)13-16)14-19-6-5-10-25(4)22(7-8-23(19)25)17(2)9-11-26/h9,11,14,16-18,22-24H,5-8,10,12-13,15H2,1-4H3/b11-9+,19-14+/t16-,17+,18-,22?,23-,24?,25+/m0/s1. The van der Waals surface area contributed by atoms with E-state index in [9.17, 15) is 0 Å². The zero-order valence-electron chi connectivity index (χ0n) is 17.6. The molecule has 0 aromatic rings. The molecule has 4 aliphatic rings.